The number of aromatic nitrogens is 2. The second-order valence-electron chi connectivity index (χ2n) is 9.52. The van der Waals surface area contributed by atoms with Gasteiger partial charge in [0.25, 0.3) is 0 Å². The zero-order valence-electron chi connectivity index (χ0n) is 22.7. The van der Waals surface area contributed by atoms with Crippen molar-refractivity contribution in [2.45, 2.75) is 31.9 Å². The van der Waals surface area contributed by atoms with E-state index in [4.69, 9.17) is 4.74 Å². The van der Waals surface area contributed by atoms with E-state index in [2.05, 4.69) is 20.6 Å². The van der Waals surface area contributed by atoms with Crippen LogP contribution < -0.4 is 15.4 Å². The lowest BCUT2D eigenvalue weighted by molar-refractivity contribution is -0.123. The largest absolute Gasteiger partial charge is 0.476 e. The molecule has 41 heavy (non-hydrogen) atoms. The van der Waals surface area contributed by atoms with Crippen molar-refractivity contribution in [3.8, 4) is 5.88 Å². The van der Waals surface area contributed by atoms with Crippen molar-refractivity contribution in [3.63, 3.8) is 0 Å². The van der Waals surface area contributed by atoms with Crippen molar-refractivity contribution in [2.24, 2.45) is 0 Å². The van der Waals surface area contributed by atoms with E-state index < -0.39 is 18.4 Å². The molecular weight excluding hydrogens is 536 g/mol. The first-order valence-corrected chi connectivity index (χ1v) is 13.4. The van der Waals surface area contributed by atoms with Gasteiger partial charge in [-0.1, -0.05) is 36.4 Å². The predicted molar refractivity (Wildman–Crippen MR) is 152 cm³/mol. The van der Waals surface area contributed by atoms with E-state index in [-0.39, 0.29) is 16.9 Å². The second-order valence-corrected chi connectivity index (χ2v) is 9.52. The van der Waals surface area contributed by atoms with Gasteiger partial charge in [0.1, 0.15) is 12.4 Å². The summed E-state index contributed by atoms with van der Waals surface area (Å²) in [6.45, 7) is 1.66. The van der Waals surface area contributed by atoms with Crippen LogP contribution in [-0.2, 0) is 4.79 Å². The summed E-state index contributed by atoms with van der Waals surface area (Å²) in [6, 6.07) is 16.5. The number of nitrogens with zero attached hydrogens (tertiary/aromatic N) is 1. The molecule has 4 aromatic rings. The van der Waals surface area contributed by atoms with Gasteiger partial charge in [-0.15, -0.1) is 0 Å². The first-order chi connectivity index (χ1) is 19.7. The van der Waals surface area contributed by atoms with Gasteiger partial charge in [0.2, 0.25) is 11.8 Å². The number of benzene rings is 2. The van der Waals surface area contributed by atoms with Crippen LogP contribution in [0.15, 0.2) is 73.1 Å². The molecular formula is C31H32F4N4O2. The Morgan fingerprint density at radius 3 is 2.46 bits per heavy atom. The Hall–Kier alpha value is -4.18. The van der Waals surface area contributed by atoms with Crippen LogP contribution in [0.25, 0.3) is 22.0 Å². The Morgan fingerprint density at radius 1 is 0.976 bits per heavy atom. The Balaban J connectivity index is 1.57. The maximum absolute atomic E-state index is 14.4. The van der Waals surface area contributed by atoms with E-state index in [0.29, 0.717) is 53.2 Å². The fourth-order valence-corrected chi connectivity index (χ4v) is 4.56. The Kier molecular flexibility index (Phi) is 10.1. The molecule has 0 fully saturated rings. The number of carbonyl (C=O) groups excluding carboxylic acids is 1. The summed E-state index contributed by atoms with van der Waals surface area (Å²) in [6.07, 6.45) is -0.818. The highest BCUT2D eigenvalue weighted by atomic mass is 19.4. The number of carbonyl (C=O) groups is 1. The molecule has 10 heteroatoms. The number of pyridine rings is 1. The molecule has 0 radical (unpaired) electrons. The molecule has 0 spiro atoms. The Bertz CT molecular complexity index is 1470. The van der Waals surface area contributed by atoms with Crippen LogP contribution in [0, 0.1) is 5.82 Å². The van der Waals surface area contributed by atoms with Gasteiger partial charge < -0.3 is 20.4 Å². The minimum absolute atomic E-state index is 0.0207. The maximum Gasteiger partial charge on any atom is 0.393 e. The average molecular weight is 569 g/mol. The number of rotatable bonds is 13. The number of unbranched alkanes of at least 4 members (excludes halogenated alkanes) is 1. The quantitative estimate of drug-likeness (QED) is 0.0978. The molecule has 0 aliphatic rings. The monoisotopic (exact) mass is 568 g/mol. The number of amides is 1. The van der Waals surface area contributed by atoms with Crippen molar-refractivity contribution >= 4 is 28.0 Å². The number of hydrogen-bond acceptors (Lipinski definition) is 4. The molecule has 3 N–H and O–H groups in total. The van der Waals surface area contributed by atoms with Gasteiger partial charge in [0.05, 0.1) is 6.42 Å². The van der Waals surface area contributed by atoms with Gasteiger partial charge in [-0.05, 0) is 59.9 Å². The molecule has 6 nitrogen and oxygen atoms in total. The maximum atomic E-state index is 14.4. The fraction of sp³-hybridized carbons (Fsp3) is 0.290. The van der Waals surface area contributed by atoms with Crippen LogP contribution in [0.2, 0.25) is 0 Å². The van der Waals surface area contributed by atoms with Crippen LogP contribution in [-0.4, -0.2) is 48.8 Å². The molecule has 4 rings (SSSR count). The van der Waals surface area contributed by atoms with Gasteiger partial charge in [0.15, 0.2) is 0 Å². The summed E-state index contributed by atoms with van der Waals surface area (Å²) < 4.78 is 61.8. The summed E-state index contributed by atoms with van der Waals surface area (Å²) in [5.74, 6) is -0.133. The summed E-state index contributed by atoms with van der Waals surface area (Å²) in [7, 11) is 1.61. The normalized spacial score (nSPS) is 12.3. The third-order valence-corrected chi connectivity index (χ3v) is 6.56. The van der Waals surface area contributed by atoms with Crippen molar-refractivity contribution in [1.29, 1.82) is 0 Å². The number of fused-ring (bicyclic) bond motifs is 1. The first-order valence-electron chi connectivity index (χ1n) is 13.4. The van der Waals surface area contributed by atoms with Crippen LogP contribution >= 0.6 is 0 Å². The molecule has 0 atom stereocenters. The topological polar surface area (TPSA) is 79.0 Å². The smallest absolute Gasteiger partial charge is 0.393 e. The molecule has 0 bridgehead atoms. The number of hydrogen-bond donors (Lipinski definition) is 3. The minimum atomic E-state index is -4.48. The van der Waals surface area contributed by atoms with Crippen LogP contribution in [0.1, 0.15) is 42.4 Å². The Labute approximate surface area is 235 Å². The van der Waals surface area contributed by atoms with Crippen molar-refractivity contribution in [3.05, 3.63) is 95.6 Å². The third-order valence-electron chi connectivity index (χ3n) is 6.56. The molecule has 216 valence electrons. The van der Waals surface area contributed by atoms with Crippen molar-refractivity contribution in [1.82, 2.24) is 20.6 Å². The molecule has 0 saturated carbocycles. The first kappa shape index (κ1) is 29.8. The van der Waals surface area contributed by atoms with Crippen molar-refractivity contribution in [2.75, 3.05) is 26.7 Å². The number of allylic oxidation sites excluding steroid dienone is 1. The number of alkyl halides is 3. The lowest BCUT2D eigenvalue weighted by Crippen LogP contribution is -2.23. The highest BCUT2D eigenvalue weighted by Crippen LogP contribution is 2.40. The van der Waals surface area contributed by atoms with Gasteiger partial charge in [-0.2, -0.15) is 13.2 Å². The zero-order valence-corrected chi connectivity index (χ0v) is 22.7. The van der Waals surface area contributed by atoms with Gasteiger partial charge in [0, 0.05) is 54.9 Å². The molecule has 0 saturated heterocycles. The molecule has 0 unspecified atom stereocenters. The highest BCUT2D eigenvalue weighted by Gasteiger charge is 2.31. The summed E-state index contributed by atoms with van der Waals surface area (Å²) in [5.41, 5.74) is 2.22. The van der Waals surface area contributed by atoms with E-state index in [0.717, 1.165) is 19.4 Å². The minimum Gasteiger partial charge on any atom is -0.476 e. The average Bonchev–Trinajstić information content (AvgIpc) is 3.34. The summed E-state index contributed by atoms with van der Waals surface area (Å²) >= 11 is 0. The highest BCUT2D eigenvalue weighted by molar-refractivity contribution is 6.00. The lowest BCUT2D eigenvalue weighted by Gasteiger charge is -2.19. The fourth-order valence-electron chi connectivity index (χ4n) is 4.56. The van der Waals surface area contributed by atoms with Crippen LogP contribution in [0.4, 0.5) is 17.6 Å². The molecule has 2 aromatic carbocycles. The summed E-state index contributed by atoms with van der Waals surface area (Å²) in [5, 5.41) is 6.12. The van der Waals surface area contributed by atoms with Gasteiger partial charge >= 0.3 is 6.18 Å². The van der Waals surface area contributed by atoms with Crippen LogP contribution in [0.5, 0.6) is 5.88 Å². The van der Waals surface area contributed by atoms with E-state index >= 15 is 0 Å². The van der Waals surface area contributed by atoms with E-state index in [1.54, 1.807) is 67.7 Å². The molecule has 2 aromatic heterocycles. The number of nitrogens with one attached hydrogen (secondary N) is 3. The number of ether oxygens (including phenoxy) is 1. The molecule has 0 aliphatic carbocycles. The zero-order chi connectivity index (χ0) is 29.2. The Morgan fingerprint density at radius 2 is 1.76 bits per heavy atom. The SMILES string of the molecule is CNC(=O)CCCCNCCOc1ccc(/C(=C(/CC(F)(F)F)c2ccccc2)c2ccc3[nH]cc(F)c3c2)cn1. The van der Waals surface area contributed by atoms with E-state index in [1.165, 1.54) is 12.4 Å². The van der Waals surface area contributed by atoms with Gasteiger partial charge in [-0.25, -0.2) is 9.37 Å². The molecule has 2 heterocycles. The second kappa shape index (κ2) is 13.9. The molecule has 1 amide bonds. The number of H-pyrrole nitrogens is 1. The van der Waals surface area contributed by atoms with E-state index in [9.17, 15) is 22.4 Å². The van der Waals surface area contributed by atoms with Crippen molar-refractivity contribution < 1.29 is 27.1 Å². The van der Waals surface area contributed by atoms with Crippen LogP contribution in [0.3, 0.4) is 0 Å². The molecule has 0 aliphatic heterocycles. The van der Waals surface area contributed by atoms with E-state index in [1.807, 2.05) is 0 Å². The van der Waals surface area contributed by atoms with Gasteiger partial charge in [-0.3, -0.25) is 4.79 Å². The lowest BCUT2D eigenvalue weighted by atomic mass is 9.88. The number of halogens is 4. The summed E-state index contributed by atoms with van der Waals surface area (Å²) in [4.78, 5) is 18.4. The standard InChI is InChI=1S/C31H32F4N4O2/c1-36-28(40)9-5-6-14-37-15-16-41-29-13-11-23(19-39-29)30(22-10-12-27-24(17-22)26(32)20-38-27)25(18-31(33,34)35)21-7-3-2-4-8-21/h2-4,7-8,10-13,17,19-20,37-38H,5-6,9,14-16,18H2,1H3,(H,36,40)/b30-25-. The predicted octanol–water partition coefficient (Wildman–Crippen LogP) is 6.50. The third kappa shape index (κ3) is 8.40. The number of aromatic amines is 1.